The van der Waals surface area contributed by atoms with Gasteiger partial charge in [0.05, 0.1) is 5.69 Å². The predicted octanol–water partition coefficient (Wildman–Crippen LogP) is 1.93. The molecule has 0 aliphatic carbocycles. The SMILES string of the molecule is Cc1cc(NS(=O)(=O)NC(C)(C)C)c(C)cc1N. The summed E-state index contributed by atoms with van der Waals surface area (Å²) >= 11 is 0. The summed E-state index contributed by atoms with van der Waals surface area (Å²) in [4.78, 5) is 0. The molecule has 0 spiro atoms. The number of aryl methyl sites for hydroxylation is 2. The molecule has 0 aliphatic rings. The highest BCUT2D eigenvalue weighted by molar-refractivity contribution is 7.90. The summed E-state index contributed by atoms with van der Waals surface area (Å²) < 4.78 is 28.9. The van der Waals surface area contributed by atoms with Gasteiger partial charge in [-0.3, -0.25) is 4.72 Å². The second-order valence-corrected chi connectivity index (χ2v) is 6.90. The van der Waals surface area contributed by atoms with E-state index in [2.05, 4.69) is 9.44 Å². The topological polar surface area (TPSA) is 84.2 Å². The largest absolute Gasteiger partial charge is 0.399 e. The molecule has 4 N–H and O–H groups in total. The minimum atomic E-state index is -3.59. The first-order valence-corrected chi connectivity index (χ1v) is 7.17. The van der Waals surface area contributed by atoms with Gasteiger partial charge in [-0.2, -0.15) is 13.1 Å². The average Bonchev–Trinajstić information content (AvgIpc) is 2.09. The second-order valence-electron chi connectivity index (χ2n) is 5.48. The van der Waals surface area contributed by atoms with Crippen LogP contribution in [0.1, 0.15) is 31.9 Å². The van der Waals surface area contributed by atoms with Gasteiger partial charge in [0.2, 0.25) is 0 Å². The van der Waals surface area contributed by atoms with Crippen LogP contribution in [0.5, 0.6) is 0 Å². The van der Waals surface area contributed by atoms with E-state index in [1.54, 1.807) is 32.9 Å². The lowest BCUT2D eigenvalue weighted by molar-refractivity contribution is 0.494. The molecule has 0 atom stereocenters. The lowest BCUT2D eigenvalue weighted by Crippen LogP contribution is -2.43. The zero-order valence-electron chi connectivity index (χ0n) is 11.5. The van der Waals surface area contributed by atoms with E-state index < -0.39 is 15.7 Å². The lowest BCUT2D eigenvalue weighted by Gasteiger charge is -2.21. The number of benzene rings is 1. The Morgan fingerprint density at radius 3 is 2.17 bits per heavy atom. The molecule has 0 aliphatic heterocycles. The predicted molar refractivity (Wildman–Crippen MR) is 75.8 cm³/mol. The van der Waals surface area contributed by atoms with Gasteiger partial charge < -0.3 is 5.73 Å². The van der Waals surface area contributed by atoms with E-state index in [-0.39, 0.29) is 0 Å². The molecule has 1 aromatic rings. The van der Waals surface area contributed by atoms with Crippen LogP contribution >= 0.6 is 0 Å². The molecular formula is C12H21N3O2S. The third-order valence-electron chi connectivity index (χ3n) is 2.30. The highest BCUT2D eigenvalue weighted by Crippen LogP contribution is 2.23. The minimum absolute atomic E-state index is 0.525. The van der Waals surface area contributed by atoms with Crippen molar-refractivity contribution < 1.29 is 8.42 Å². The Bertz CT molecular complexity index is 545. The number of anilines is 2. The van der Waals surface area contributed by atoms with Crippen LogP contribution in [0.25, 0.3) is 0 Å². The molecule has 0 saturated heterocycles. The van der Waals surface area contributed by atoms with Crippen LogP contribution in [-0.2, 0) is 10.2 Å². The quantitative estimate of drug-likeness (QED) is 0.734. The minimum Gasteiger partial charge on any atom is -0.399 e. The van der Waals surface area contributed by atoms with Crippen LogP contribution in [0, 0.1) is 13.8 Å². The van der Waals surface area contributed by atoms with Crippen LogP contribution in [0.15, 0.2) is 12.1 Å². The van der Waals surface area contributed by atoms with Crippen molar-refractivity contribution in [2.75, 3.05) is 10.5 Å². The zero-order chi connectivity index (χ0) is 14.1. The summed E-state index contributed by atoms with van der Waals surface area (Å²) in [5.41, 5.74) is 8.06. The molecule has 1 rings (SSSR count). The Kier molecular flexibility index (Phi) is 3.92. The van der Waals surface area contributed by atoms with E-state index in [1.165, 1.54) is 0 Å². The van der Waals surface area contributed by atoms with Crippen molar-refractivity contribution in [3.8, 4) is 0 Å². The number of rotatable bonds is 3. The summed E-state index contributed by atoms with van der Waals surface area (Å²) in [7, 11) is -3.59. The molecule has 1 aromatic carbocycles. The van der Waals surface area contributed by atoms with Crippen molar-refractivity contribution in [3.63, 3.8) is 0 Å². The molecule has 0 amide bonds. The first-order chi connectivity index (χ1) is 8.00. The van der Waals surface area contributed by atoms with Gasteiger partial charge in [0.1, 0.15) is 0 Å². The molecule has 0 heterocycles. The van der Waals surface area contributed by atoms with Crippen LogP contribution in [0.3, 0.4) is 0 Å². The zero-order valence-corrected chi connectivity index (χ0v) is 12.3. The van der Waals surface area contributed by atoms with Gasteiger partial charge in [0, 0.05) is 11.2 Å². The molecule has 102 valence electrons. The Morgan fingerprint density at radius 2 is 1.67 bits per heavy atom. The fourth-order valence-corrected chi connectivity index (χ4v) is 2.89. The Balaban J connectivity index is 3.02. The third kappa shape index (κ3) is 4.19. The van der Waals surface area contributed by atoms with Crippen molar-refractivity contribution in [1.29, 1.82) is 0 Å². The molecule has 0 aromatic heterocycles. The number of nitrogens with one attached hydrogen (secondary N) is 2. The van der Waals surface area contributed by atoms with Crippen molar-refractivity contribution >= 4 is 21.6 Å². The summed E-state index contributed by atoms with van der Waals surface area (Å²) in [6.07, 6.45) is 0. The monoisotopic (exact) mass is 271 g/mol. The van der Waals surface area contributed by atoms with Crippen molar-refractivity contribution in [2.24, 2.45) is 0 Å². The van der Waals surface area contributed by atoms with Crippen LogP contribution < -0.4 is 15.2 Å². The van der Waals surface area contributed by atoms with E-state index >= 15 is 0 Å². The lowest BCUT2D eigenvalue weighted by atomic mass is 10.1. The molecule has 18 heavy (non-hydrogen) atoms. The maximum Gasteiger partial charge on any atom is 0.299 e. The number of nitrogen functional groups attached to an aromatic ring is 1. The third-order valence-corrected chi connectivity index (χ3v) is 3.67. The molecule has 6 heteroatoms. The van der Waals surface area contributed by atoms with Crippen molar-refractivity contribution in [2.45, 2.75) is 40.2 Å². The highest BCUT2D eigenvalue weighted by Gasteiger charge is 2.20. The molecular weight excluding hydrogens is 250 g/mol. The van der Waals surface area contributed by atoms with E-state index in [9.17, 15) is 8.42 Å². The fraction of sp³-hybridized carbons (Fsp3) is 0.500. The Labute approximate surface area is 109 Å². The maximum absolute atomic E-state index is 11.9. The van der Waals surface area contributed by atoms with Gasteiger partial charge in [-0.05, 0) is 57.9 Å². The van der Waals surface area contributed by atoms with Crippen molar-refractivity contribution in [1.82, 2.24) is 4.72 Å². The van der Waals surface area contributed by atoms with Gasteiger partial charge in [-0.15, -0.1) is 0 Å². The molecule has 0 fully saturated rings. The fourth-order valence-electron chi connectivity index (χ4n) is 1.52. The van der Waals surface area contributed by atoms with Gasteiger partial charge in [0.25, 0.3) is 10.2 Å². The van der Waals surface area contributed by atoms with E-state index in [1.807, 2.05) is 13.8 Å². The maximum atomic E-state index is 11.9. The number of nitrogens with two attached hydrogens (primary N) is 1. The van der Waals surface area contributed by atoms with Gasteiger partial charge in [-0.1, -0.05) is 0 Å². The summed E-state index contributed by atoms with van der Waals surface area (Å²) in [5.74, 6) is 0. The molecule has 5 nitrogen and oxygen atoms in total. The van der Waals surface area contributed by atoms with E-state index in [0.717, 1.165) is 11.1 Å². The van der Waals surface area contributed by atoms with E-state index in [0.29, 0.717) is 11.4 Å². The Hall–Kier alpha value is -1.27. The number of hydrogen-bond donors (Lipinski definition) is 3. The Morgan fingerprint density at radius 1 is 1.11 bits per heavy atom. The van der Waals surface area contributed by atoms with Crippen LogP contribution in [0.4, 0.5) is 11.4 Å². The normalized spacial score (nSPS) is 12.5. The summed E-state index contributed by atoms with van der Waals surface area (Å²) in [5, 5.41) is 0. The van der Waals surface area contributed by atoms with E-state index in [4.69, 9.17) is 5.73 Å². The first-order valence-electron chi connectivity index (χ1n) is 5.68. The average molecular weight is 271 g/mol. The molecule has 0 radical (unpaired) electrons. The van der Waals surface area contributed by atoms with Crippen LogP contribution in [-0.4, -0.2) is 14.0 Å². The molecule has 0 saturated carbocycles. The first kappa shape index (κ1) is 14.8. The van der Waals surface area contributed by atoms with Crippen molar-refractivity contribution in [3.05, 3.63) is 23.3 Å². The second kappa shape index (κ2) is 4.78. The van der Waals surface area contributed by atoms with Gasteiger partial charge in [0.15, 0.2) is 0 Å². The summed E-state index contributed by atoms with van der Waals surface area (Å²) in [6.45, 7) is 9.00. The summed E-state index contributed by atoms with van der Waals surface area (Å²) in [6, 6.07) is 3.48. The van der Waals surface area contributed by atoms with Gasteiger partial charge >= 0.3 is 0 Å². The number of hydrogen-bond acceptors (Lipinski definition) is 3. The molecule has 0 unspecified atom stereocenters. The van der Waals surface area contributed by atoms with Crippen LogP contribution in [0.2, 0.25) is 0 Å². The highest BCUT2D eigenvalue weighted by atomic mass is 32.2. The van der Waals surface area contributed by atoms with Gasteiger partial charge in [-0.25, -0.2) is 0 Å². The standard InChI is InChI=1S/C12H21N3O2S/c1-8-7-11(9(2)6-10(8)13)14-18(16,17)15-12(3,4)5/h6-7,14-15H,13H2,1-5H3. The smallest absolute Gasteiger partial charge is 0.299 e. The molecule has 0 bridgehead atoms.